The van der Waals surface area contributed by atoms with Gasteiger partial charge in [-0.1, -0.05) is 23.7 Å². The number of nitrogens with zero attached hydrogens (tertiary/aromatic N) is 1. The summed E-state index contributed by atoms with van der Waals surface area (Å²) in [5.74, 6) is 0.487. The summed E-state index contributed by atoms with van der Waals surface area (Å²) in [5.41, 5.74) is 1.76. The molecule has 0 bridgehead atoms. The number of carbonyl (C=O) groups is 1. The van der Waals surface area contributed by atoms with Gasteiger partial charge in [-0.05, 0) is 50.1 Å². The van der Waals surface area contributed by atoms with E-state index in [1.807, 2.05) is 18.2 Å². The number of hydrogen-bond donors (Lipinski definition) is 2. The van der Waals surface area contributed by atoms with Gasteiger partial charge in [0.25, 0.3) is 5.91 Å². The molecule has 2 aromatic heterocycles. The van der Waals surface area contributed by atoms with Gasteiger partial charge in [-0.3, -0.25) is 4.79 Å². The fraction of sp³-hybridized carbons (Fsp3) is 0.300. The Hall–Kier alpha value is -2.37. The van der Waals surface area contributed by atoms with Gasteiger partial charge in [0.1, 0.15) is 5.69 Å². The molecule has 0 saturated carbocycles. The predicted molar refractivity (Wildman–Crippen MR) is 102 cm³/mol. The van der Waals surface area contributed by atoms with Gasteiger partial charge in [-0.25, -0.2) is 4.98 Å². The molecule has 0 aliphatic carbocycles. The van der Waals surface area contributed by atoms with Crippen molar-refractivity contribution in [2.45, 2.75) is 25.3 Å². The highest BCUT2D eigenvalue weighted by Crippen LogP contribution is 2.29. The molecular formula is C20H20ClN3O2. The third-order valence-corrected chi connectivity index (χ3v) is 5.05. The van der Waals surface area contributed by atoms with Crippen molar-refractivity contribution in [1.29, 1.82) is 0 Å². The molecule has 26 heavy (non-hydrogen) atoms. The minimum Gasteiger partial charge on any atom is -0.463 e. The first-order chi connectivity index (χ1) is 12.7. The number of fused-ring (bicyclic) bond motifs is 1. The summed E-state index contributed by atoms with van der Waals surface area (Å²) >= 11 is 6.32. The number of rotatable bonds is 5. The zero-order valence-corrected chi connectivity index (χ0v) is 15.1. The van der Waals surface area contributed by atoms with Gasteiger partial charge in [-0.2, -0.15) is 0 Å². The third-order valence-electron chi connectivity index (χ3n) is 4.75. The Morgan fingerprint density at radius 3 is 3.04 bits per heavy atom. The van der Waals surface area contributed by atoms with E-state index in [1.54, 1.807) is 24.5 Å². The second-order valence-corrected chi connectivity index (χ2v) is 6.91. The molecule has 1 aliphatic heterocycles. The number of para-hydroxylation sites is 1. The largest absolute Gasteiger partial charge is 0.463 e. The SMILES string of the molecule is O=C(NCC[C@@H]1CCCN1)c1cc(-c2ccco2)nc2c(Cl)cccc12. The smallest absolute Gasteiger partial charge is 0.252 e. The van der Waals surface area contributed by atoms with Gasteiger partial charge in [0, 0.05) is 18.0 Å². The summed E-state index contributed by atoms with van der Waals surface area (Å²) in [7, 11) is 0. The summed E-state index contributed by atoms with van der Waals surface area (Å²) in [5, 5.41) is 7.73. The van der Waals surface area contributed by atoms with Crippen LogP contribution in [0.1, 0.15) is 29.6 Å². The molecule has 3 aromatic rings. The zero-order valence-electron chi connectivity index (χ0n) is 14.3. The summed E-state index contributed by atoms with van der Waals surface area (Å²) in [4.78, 5) is 17.4. The molecule has 0 radical (unpaired) electrons. The monoisotopic (exact) mass is 369 g/mol. The molecule has 1 fully saturated rings. The number of nitrogens with one attached hydrogen (secondary N) is 2. The van der Waals surface area contributed by atoms with E-state index < -0.39 is 0 Å². The highest BCUT2D eigenvalue weighted by atomic mass is 35.5. The standard InChI is InChI=1S/C20H20ClN3O2/c21-16-6-1-5-14-15(20(25)23-10-8-13-4-2-9-22-13)12-17(24-19(14)16)18-7-3-11-26-18/h1,3,5-7,11-13,22H,2,4,8-10H2,(H,23,25)/t13-/m0/s1. The van der Waals surface area contributed by atoms with Gasteiger partial charge < -0.3 is 15.1 Å². The van der Waals surface area contributed by atoms with Crippen molar-refractivity contribution in [1.82, 2.24) is 15.6 Å². The molecule has 1 saturated heterocycles. The van der Waals surface area contributed by atoms with E-state index in [1.165, 1.54) is 12.8 Å². The van der Waals surface area contributed by atoms with E-state index in [-0.39, 0.29) is 5.91 Å². The molecular weight excluding hydrogens is 350 g/mol. The number of halogens is 1. The number of aromatic nitrogens is 1. The van der Waals surface area contributed by atoms with Gasteiger partial charge in [0.05, 0.1) is 22.4 Å². The van der Waals surface area contributed by atoms with Crippen LogP contribution in [-0.2, 0) is 0 Å². The maximum atomic E-state index is 12.8. The van der Waals surface area contributed by atoms with E-state index in [0.717, 1.165) is 18.4 Å². The summed E-state index contributed by atoms with van der Waals surface area (Å²) in [6, 6.07) is 11.3. The van der Waals surface area contributed by atoms with Crippen LogP contribution in [0, 0.1) is 0 Å². The number of hydrogen-bond acceptors (Lipinski definition) is 4. The van der Waals surface area contributed by atoms with Crippen LogP contribution >= 0.6 is 11.6 Å². The molecule has 6 heteroatoms. The Bertz CT molecular complexity index is 918. The van der Waals surface area contributed by atoms with Crippen molar-refractivity contribution in [2.24, 2.45) is 0 Å². The van der Waals surface area contributed by atoms with Crippen molar-refractivity contribution >= 4 is 28.4 Å². The summed E-state index contributed by atoms with van der Waals surface area (Å²) in [6.07, 6.45) is 4.90. The lowest BCUT2D eigenvalue weighted by atomic mass is 10.1. The first-order valence-electron chi connectivity index (χ1n) is 8.87. The molecule has 2 N–H and O–H groups in total. The Morgan fingerprint density at radius 2 is 2.27 bits per heavy atom. The van der Waals surface area contributed by atoms with Crippen LogP contribution in [0.4, 0.5) is 0 Å². The molecule has 1 atom stereocenters. The topological polar surface area (TPSA) is 67.2 Å². The second-order valence-electron chi connectivity index (χ2n) is 6.51. The third kappa shape index (κ3) is 3.45. The fourth-order valence-electron chi connectivity index (χ4n) is 3.41. The van der Waals surface area contributed by atoms with E-state index in [2.05, 4.69) is 15.6 Å². The number of benzene rings is 1. The minimum atomic E-state index is -0.120. The molecule has 3 heterocycles. The highest BCUT2D eigenvalue weighted by molar-refractivity contribution is 6.35. The summed E-state index contributed by atoms with van der Waals surface area (Å²) < 4.78 is 5.45. The van der Waals surface area contributed by atoms with Crippen LogP contribution in [0.25, 0.3) is 22.4 Å². The van der Waals surface area contributed by atoms with Crippen molar-refractivity contribution in [3.05, 3.63) is 53.2 Å². The molecule has 0 unspecified atom stereocenters. The first-order valence-corrected chi connectivity index (χ1v) is 9.25. The number of furan rings is 1. The lowest BCUT2D eigenvalue weighted by molar-refractivity contribution is 0.0954. The Morgan fingerprint density at radius 1 is 1.35 bits per heavy atom. The van der Waals surface area contributed by atoms with E-state index in [0.29, 0.717) is 40.1 Å². The van der Waals surface area contributed by atoms with Gasteiger partial charge in [0.15, 0.2) is 5.76 Å². The van der Waals surface area contributed by atoms with Crippen LogP contribution in [0.3, 0.4) is 0 Å². The molecule has 5 nitrogen and oxygen atoms in total. The maximum absolute atomic E-state index is 12.8. The summed E-state index contributed by atoms with van der Waals surface area (Å²) in [6.45, 7) is 1.70. The quantitative estimate of drug-likeness (QED) is 0.712. The van der Waals surface area contributed by atoms with E-state index in [4.69, 9.17) is 16.0 Å². The van der Waals surface area contributed by atoms with Crippen LogP contribution in [-0.4, -0.2) is 30.0 Å². The normalized spacial score (nSPS) is 16.9. The average molecular weight is 370 g/mol. The maximum Gasteiger partial charge on any atom is 0.252 e. The average Bonchev–Trinajstić information content (AvgIpc) is 3.35. The molecule has 1 aliphatic rings. The number of amides is 1. The molecule has 134 valence electrons. The molecule has 1 aromatic carbocycles. The van der Waals surface area contributed by atoms with Gasteiger partial charge >= 0.3 is 0 Å². The molecule has 4 rings (SSSR count). The van der Waals surface area contributed by atoms with Crippen LogP contribution in [0.2, 0.25) is 5.02 Å². The Balaban J connectivity index is 1.63. The van der Waals surface area contributed by atoms with Crippen molar-refractivity contribution < 1.29 is 9.21 Å². The van der Waals surface area contributed by atoms with E-state index >= 15 is 0 Å². The predicted octanol–water partition coefficient (Wildman–Crippen LogP) is 4.02. The van der Waals surface area contributed by atoms with Crippen molar-refractivity contribution in [3.8, 4) is 11.5 Å². The Labute approximate surface area is 156 Å². The number of carbonyl (C=O) groups excluding carboxylic acids is 1. The van der Waals surface area contributed by atoms with Crippen LogP contribution < -0.4 is 10.6 Å². The highest BCUT2D eigenvalue weighted by Gasteiger charge is 2.18. The minimum absolute atomic E-state index is 0.120. The molecule has 1 amide bonds. The Kier molecular flexibility index (Phi) is 4.91. The van der Waals surface area contributed by atoms with Crippen LogP contribution in [0.15, 0.2) is 47.1 Å². The van der Waals surface area contributed by atoms with Crippen LogP contribution in [0.5, 0.6) is 0 Å². The van der Waals surface area contributed by atoms with Gasteiger partial charge in [0.2, 0.25) is 0 Å². The lowest BCUT2D eigenvalue weighted by Crippen LogP contribution is -2.30. The first kappa shape index (κ1) is 17.1. The van der Waals surface area contributed by atoms with Crippen molar-refractivity contribution in [2.75, 3.05) is 13.1 Å². The second kappa shape index (κ2) is 7.48. The fourth-order valence-corrected chi connectivity index (χ4v) is 3.63. The van der Waals surface area contributed by atoms with E-state index in [9.17, 15) is 4.79 Å². The number of pyridine rings is 1. The molecule has 0 spiro atoms. The van der Waals surface area contributed by atoms with Gasteiger partial charge in [-0.15, -0.1) is 0 Å². The van der Waals surface area contributed by atoms with Crippen molar-refractivity contribution in [3.63, 3.8) is 0 Å². The lowest BCUT2D eigenvalue weighted by Gasteiger charge is -2.13. The zero-order chi connectivity index (χ0) is 17.9.